The minimum absolute atomic E-state index is 0.365. The summed E-state index contributed by atoms with van der Waals surface area (Å²) in [5.41, 5.74) is 4.21. The Balaban J connectivity index is 2.21. The number of methoxy groups -OCH3 is 1. The van der Waals surface area contributed by atoms with Crippen LogP contribution in [0, 0.1) is 6.92 Å². The maximum absolute atomic E-state index is 5.59. The van der Waals surface area contributed by atoms with Gasteiger partial charge in [0.05, 0.1) is 7.11 Å². The van der Waals surface area contributed by atoms with Crippen molar-refractivity contribution < 1.29 is 4.74 Å². The van der Waals surface area contributed by atoms with Crippen molar-refractivity contribution >= 4 is 0 Å². The first-order valence-corrected chi connectivity index (χ1v) is 8.30. The van der Waals surface area contributed by atoms with Crippen molar-refractivity contribution in [2.24, 2.45) is 0 Å². The lowest BCUT2D eigenvalue weighted by molar-refractivity contribution is 0.397. The SMILES string of the molecule is CCCNC(CC1=CCCCC1)c1cc(C)ccc1OC. The molecule has 2 nitrogen and oxygen atoms in total. The molecule has 0 heterocycles. The van der Waals surface area contributed by atoms with Crippen LogP contribution in [0.2, 0.25) is 0 Å². The first-order chi connectivity index (χ1) is 10.2. The van der Waals surface area contributed by atoms with Crippen molar-refractivity contribution in [3.8, 4) is 5.75 Å². The molecule has 0 spiro atoms. The van der Waals surface area contributed by atoms with Gasteiger partial charge in [-0.05, 0) is 58.1 Å². The minimum Gasteiger partial charge on any atom is -0.496 e. The summed E-state index contributed by atoms with van der Waals surface area (Å²) in [5, 5.41) is 3.71. The third-order valence-electron chi connectivity index (χ3n) is 4.25. The molecule has 21 heavy (non-hydrogen) atoms. The van der Waals surface area contributed by atoms with Gasteiger partial charge in [-0.3, -0.25) is 0 Å². The number of ether oxygens (including phenoxy) is 1. The fraction of sp³-hybridized carbons (Fsp3) is 0.579. The van der Waals surface area contributed by atoms with E-state index >= 15 is 0 Å². The van der Waals surface area contributed by atoms with Gasteiger partial charge in [0.25, 0.3) is 0 Å². The lowest BCUT2D eigenvalue weighted by Crippen LogP contribution is -2.23. The summed E-state index contributed by atoms with van der Waals surface area (Å²) in [5.74, 6) is 1.01. The van der Waals surface area contributed by atoms with Crippen molar-refractivity contribution in [1.29, 1.82) is 0 Å². The first kappa shape index (κ1) is 16.1. The van der Waals surface area contributed by atoms with E-state index in [0.29, 0.717) is 6.04 Å². The molecule has 0 radical (unpaired) electrons. The van der Waals surface area contributed by atoms with Crippen LogP contribution in [0.1, 0.15) is 62.6 Å². The molecule has 2 rings (SSSR count). The van der Waals surface area contributed by atoms with Gasteiger partial charge < -0.3 is 10.1 Å². The predicted octanol–water partition coefficient (Wildman–Crippen LogP) is 4.93. The Hall–Kier alpha value is -1.28. The Morgan fingerprint density at radius 3 is 2.81 bits per heavy atom. The largest absolute Gasteiger partial charge is 0.496 e. The summed E-state index contributed by atoms with van der Waals surface area (Å²) in [6.07, 6.45) is 9.93. The summed E-state index contributed by atoms with van der Waals surface area (Å²) in [4.78, 5) is 0. The van der Waals surface area contributed by atoms with E-state index in [4.69, 9.17) is 4.74 Å². The molecule has 0 aliphatic heterocycles. The van der Waals surface area contributed by atoms with Crippen LogP contribution in [0.4, 0.5) is 0 Å². The second-order valence-corrected chi connectivity index (χ2v) is 6.06. The Bertz CT molecular complexity index is 478. The van der Waals surface area contributed by atoms with E-state index in [2.05, 4.69) is 43.4 Å². The number of allylic oxidation sites excluding steroid dienone is 1. The molecule has 1 atom stereocenters. The zero-order valence-corrected chi connectivity index (χ0v) is 13.7. The molecular weight excluding hydrogens is 258 g/mol. The van der Waals surface area contributed by atoms with Crippen LogP contribution in [0.25, 0.3) is 0 Å². The third-order valence-corrected chi connectivity index (χ3v) is 4.25. The molecule has 1 aromatic carbocycles. The highest BCUT2D eigenvalue weighted by Crippen LogP contribution is 2.33. The molecule has 0 bridgehead atoms. The van der Waals surface area contributed by atoms with Crippen LogP contribution >= 0.6 is 0 Å². The van der Waals surface area contributed by atoms with Crippen molar-refractivity contribution in [1.82, 2.24) is 5.32 Å². The highest BCUT2D eigenvalue weighted by atomic mass is 16.5. The molecule has 0 amide bonds. The maximum atomic E-state index is 5.59. The van der Waals surface area contributed by atoms with E-state index in [1.807, 2.05) is 0 Å². The fourth-order valence-electron chi connectivity index (χ4n) is 3.09. The van der Waals surface area contributed by atoms with Gasteiger partial charge in [-0.2, -0.15) is 0 Å². The standard InChI is InChI=1S/C19H29NO/c1-4-12-20-18(14-16-8-6-5-7-9-16)17-13-15(2)10-11-19(17)21-3/h8,10-11,13,18,20H,4-7,9,12,14H2,1-3H3. The molecule has 0 aromatic heterocycles. The molecule has 0 fully saturated rings. The minimum atomic E-state index is 0.365. The van der Waals surface area contributed by atoms with Crippen LogP contribution in [-0.2, 0) is 0 Å². The fourth-order valence-corrected chi connectivity index (χ4v) is 3.09. The predicted molar refractivity (Wildman–Crippen MR) is 89.9 cm³/mol. The van der Waals surface area contributed by atoms with Crippen molar-refractivity contribution in [2.45, 2.75) is 58.4 Å². The van der Waals surface area contributed by atoms with Gasteiger partial charge in [0, 0.05) is 11.6 Å². The number of hydrogen-bond acceptors (Lipinski definition) is 2. The summed E-state index contributed by atoms with van der Waals surface area (Å²) < 4.78 is 5.59. The van der Waals surface area contributed by atoms with Gasteiger partial charge in [0.2, 0.25) is 0 Å². The van der Waals surface area contributed by atoms with Gasteiger partial charge >= 0.3 is 0 Å². The van der Waals surface area contributed by atoms with E-state index < -0.39 is 0 Å². The Morgan fingerprint density at radius 1 is 1.29 bits per heavy atom. The Kier molecular flexibility index (Phi) is 6.31. The highest BCUT2D eigenvalue weighted by molar-refractivity contribution is 5.40. The van der Waals surface area contributed by atoms with Crippen molar-refractivity contribution in [3.63, 3.8) is 0 Å². The molecule has 1 aromatic rings. The van der Waals surface area contributed by atoms with Crippen LogP contribution < -0.4 is 10.1 Å². The van der Waals surface area contributed by atoms with Crippen molar-refractivity contribution in [2.75, 3.05) is 13.7 Å². The number of benzene rings is 1. The molecule has 1 unspecified atom stereocenters. The lowest BCUT2D eigenvalue weighted by atomic mass is 9.90. The maximum Gasteiger partial charge on any atom is 0.123 e. The van der Waals surface area contributed by atoms with E-state index in [1.165, 1.54) is 36.8 Å². The van der Waals surface area contributed by atoms with E-state index in [0.717, 1.165) is 25.1 Å². The van der Waals surface area contributed by atoms with E-state index in [9.17, 15) is 0 Å². The van der Waals surface area contributed by atoms with Gasteiger partial charge in [-0.15, -0.1) is 0 Å². The van der Waals surface area contributed by atoms with Gasteiger partial charge in [-0.1, -0.05) is 36.3 Å². The summed E-state index contributed by atoms with van der Waals surface area (Å²) >= 11 is 0. The molecule has 1 aliphatic rings. The third kappa shape index (κ3) is 4.60. The molecular formula is C19H29NO. The monoisotopic (exact) mass is 287 g/mol. The Morgan fingerprint density at radius 2 is 2.14 bits per heavy atom. The molecule has 2 heteroatoms. The second kappa shape index (κ2) is 8.23. The number of aryl methyl sites for hydroxylation is 1. The first-order valence-electron chi connectivity index (χ1n) is 8.30. The van der Waals surface area contributed by atoms with Crippen LogP contribution in [0.15, 0.2) is 29.8 Å². The topological polar surface area (TPSA) is 21.3 Å². The zero-order chi connectivity index (χ0) is 15.1. The van der Waals surface area contributed by atoms with Crippen LogP contribution in [0.3, 0.4) is 0 Å². The highest BCUT2D eigenvalue weighted by Gasteiger charge is 2.18. The molecule has 116 valence electrons. The van der Waals surface area contributed by atoms with Gasteiger partial charge in [0.1, 0.15) is 5.75 Å². The lowest BCUT2D eigenvalue weighted by Gasteiger charge is -2.24. The smallest absolute Gasteiger partial charge is 0.123 e. The van der Waals surface area contributed by atoms with Gasteiger partial charge in [0.15, 0.2) is 0 Å². The summed E-state index contributed by atoms with van der Waals surface area (Å²) in [6, 6.07) is 6.86. The normalized spacial score (nSPS) is 16.4. The summed E-state index contributed by atoms with van der Waals surface area (Å²) in [6.45, 7) is 5.42. The molecule has 0 saturated carbocycles. The van der Waals surface area contributed by atoms with Gasteiger partial charge in [-0.25, -0.2) is 0 Å². The number of hydrogen-bond donors (Lipinski definition) is 1. The number of rotatable bonds is 7. The number of nitrogens with one attached hydrogen (secondary N) is 1. The van der Waals surface area contributed by atoms with Crippen LogP contribution in [0.5, 0.6) is 5.75 Å². The summed E-state index contributed by atoms with van der Waals surface area (Å²) in [7, 11) is 1.77. The Labute approximate surface area is 129 Å². The zero-order valence-electron chi connectivity index (χ0n) is 13.7. The average molecular weight is 287 g/mol. The molecule has 1 aliphatic carbocycles. The second-order valence-electron chi connectivity index (χ2n) is 6.06. The average Bonchev–Trinajstić information content (AvgIpc) is 2.52. The van der Waals surface area contributed by atoms with Crippen LogP contribution in [-0.4, -0.2) is 13.7 Å². The van der Waals surface area contributed by atoms with E-state index in [1.54, 1.807) is 12.7 Å². The molecule has 0 saturated heterocycles. The quantitative estimate of drug-likeness (QED) is 0.718. The van der Waals surface area contributed by atoms with E-state index in [-0.39, 0.29) is 0 Å². The van der Waals surface area contributed by atoms with Crippen molar-refractivity contribution in [3.05, 3.63) is 41.0 Å². The molecule has 1 N–H and O–H groups in total.